The number of amides is 1. The van der Waals surface area contributed by atoms with E-state index in [9.17, 15) is 4.79 Å². The third-order valence-electron chi connectivity index (χ3n) is 2.40. The molecule has 0 aliphatic carbocycles. The molecule has 4 heteroatoms. The Morgan fingerprint density at radius 2 is 1.94 bits per heavy atom. The number of hydrogen-bond acceptors (Lipinski definition) is 3. The first-order valence-electron chi connectivity index (χ1n) is 5.24. The molecule has 0 spiro atoms. The second kappa shape index (κ2) is 4.65. The lowest BCUT2D eigenvalue weighted by Gasteiger charge is -2.08. The fourth-order valence-corrected chi connectivity index (χ4v) is 1.48. The number of nitrogens with zero attached hydrogens (tertiary/aromatic N) is 1. The Morgan fingerprint density at radius 3 is 2.65 bits per heavy atom. The van der Waals surface area contributed by atoms with Crippen molar-refractivity contribution in [3.8, 4) is 0 Å². The highest BCUT2D eigenvalue weighted by atomic mass is 16.1. The molecule has 86 valence electrons. The maximum Gasteiger partial charge on any atom is 0.255 e. The van der Waals surface area contributed by atoms with Gasteiger partial charge in [0.1, 0.15) is 0 Å². The van der Waals surface area contributed by atoms with E-state index >= 15 is 0 Å². The number of aryl methyl sites for hydroxylation is 1. The van der Waals surface area contributed by atoms with E-state index in [2.05, 4.69) is 10.3 Å². The molecule has 1 aromatic heterocycles. The van der Waals surface area contributed by atoms with Gasteiger partial charge in [-0.25, -0.2) is 0 Å². The van der Waals surface area contributed by atoms with Crippen molar-refractivity contribution in [2.75, 3.05) is 11.1 Å². The first-order chi connectivity index (χ1) is 8.16. The van der Waals surface area contributed by atoms with E-state index in [1.165, 1.54) is 0 Å². The quantitative estimate of drug-likeness (QED) is 0.773. The van der Waals surface area contributed by atoms with Crippen LogP contribution in [0.4, 0.5) is 11.4 Å². The number of nitrogens with one attached hydrogen (secondary N) is 1. The average Bonchev–Trinajstić information content (AvgIpc) is 2.35. The van der Waals surface area contributed by atoms with Gasteiger partial charge in [-0.15, -0.1) is 0 Å². The Hall–Kier alpha value is -2.36. The minimum atomic E-state index is -0.190. The van der Waals surface area contributed by atoms with Gasteiger partial charge in [-0.3, -0.25) is 9.78 Å². The van der Waals surface area contributed by atoms with Gasteiger partial charge in [0.2, 0.25) is 0 Å². The molecule has 1 heterocycles. The monoisotopic (exact) mass is 227 g/mol. The fraction of sp³-hybridized carbons (Fsp3) is 0.0769. The smallest absolute Gasteiger partial charge is 0.255 e. The summed E-state index contributed by atoms with van der Waals surface area (Å²) in [6.45, 7) is 1.95. The first-order valence-corrected chi connectivity index (χ1v) is 5.24. The van der Waals surface area contributed by atoms with Gasteiger partial charge in [0.15, 0.2) is 0 Å². The van der Waals surface area contributed by atoms with Crippen LogP contribution in [-0.2, 0) is 0 Å². The van der Waals surface area contributed by atoms with Gasteiger partial charge < -0.3 is 11.1 Å². The third-order valence-corrected chi connectivity index (χ3v) is 2.40. The van der Waals surface area contributed by atoms with Crippen molar-refractivity contribution >= 4 is 17.3 Å². The summed E-state index contributed by atoms with van der Waals surface area (Å²) in [7, 11) is 0. The van der Waals surface area contributed by atoms with Gasteiger partial charge in [0.25, 0.3) is 5.91 Å². The third kappa shape index (κ3) is 2.60. The van der Waals surface area contributed by atoms with Crippen LogP contribution in [-0.4, -0.2) is 10.9 Å². The molecule has 0 fully saturated rings. The lowest BCUT2D eigenvalue weighted by molar-refractivity contribution is 0.102. The second-order valence-electron chi connectivity index (χ2n) is 3.78. The minimum absolute atomic E-state index is 0.190. The topological polar surface area (TPSA) is 68.0 Å². The molecule has 0 atom stereocenters. The Morgan fingerprint density at radius 1 is 1.24 bits per heavy atom. The number of benzene rings is 1. The van der Waals surface area contributed by atoms with Gasteiger partial charge in [0, 0.05) is 18.0 Å². The Balaban J connectivity index is 2.22. The van der Waals surface area contributed by atoms with Crippen molar-refractivity contribution in [3.05, 3.63) is 53.9 Å². The predicted octanol–water partition coefficient (Wildman–Crippen LogP) is 2.22. The highest BCUT2D eigenvalue weighted by molar-refractivity contribution is 6.05. The maximum absolute atomic E-state index is 11.9. The van der Waals surface area contributed by atoms with E-state index < -0.39 is 0 Å². The number of rotatable bonds is 2. The van der Waals surface area contributed by atoms with Crippen LogP contribution < -0.4 is 11.1 Å². The molecule has 2 rings (SSSR count). The highest BCUT2D eigenvalue weighted by Crippen LogP contribution is 2.20. The van der Waals surface area contributed by atoms with Crippen LogP contribution in [0.1, 0.15) is 15.9 Å². The maximum atomic E-state index is 11.9. The molecule has 0 bridgehead atoms. The lowest BCUT2D eigenvalue weighted by atomic mass is 10.2. The number of nitrogens with two attached hydrogens (primary N) is 1. The summed E-state index contributed by atoms with van der Waals surface area (Å²) < 4.78 is 0. The standard InChI is InChI=1S/C13H13N3O/c1-9-2-3-11(14)12(8-9)16-13(17)10-4-6-15-7-5-10/h2-8H,14H2,1H3,(H,16,17). The predicted molar refractivity (Wildman–Crippen MR) is 67.8 cm³/mol. The van der Waals surface area contributed by atoms with Gasteiger partial charge in [0.05, 0.1) is 11.4 Å². The Bertz CT molecular complexity index is 538. The molecule has 4 nitrogen and oxygen atoms in total. The van der Waals surface area contributed by atoms with Crippen LogP contribution >= 0.6 is 0 Å². The lowest BCUT2D eigenvalue weighted by Crippen LogP contribution is -2.13. The van der Waals surface area contributed by atoms with Crippen molar-refractivity contribution in [1.29, 1.82) is 0 Å². The van der Waals surface area contributed by atoms with Gasteiger partial charge >= 0.3 is 0 Å². The molecule has 1 aromatic carbocycles. The summed E-state index contributed by atoms with van der Waals surface area (Å²) >= 11 is 0. The summed E-state index contributed by atoms with van der Waals surface area (Å²) in [5.41, 5.74) is 8.58. The van der Waals surface area contributed by atoms with E-state index in [0.29, 0.717) is 16.9 Å². The number of carbonyl (C=O) groups is 1. The summed E-state index contributed by atoms with van der Waals surface area (Å²) in [6, 6.07) is 8.83. The zero-order valence-corrected chi connectivity index (χ0v) is 9.47. The normalized spacial score (nSPS) is 9.94. The molecule has 2 aromatic rings. The van der Waals surface area contributed by atoms with E-state index in [4.69, 9.17) is 5.73 Å². The molecule has 0 unspecified atom stereocenters. The number of carbonyl (C=O) groups excluding carboxylic acids is 1. The molecular formula is C13H13N3O. The molecule has 0 radical (unpaired) electrons. The highest BCUT2D eigenvalue weighted by Gasteiger charge is 2.07. The summed E-state index contributed by atoms with van der Waals surface area (Å²) in [5.74, 6) is -0.190. The molecule has 0 aliphatic rings. The van der Waals surface area contributed by atoms with Crippen molar-refractivity contribution < 1.29 is 4.79 Å². The number of aromatic nitrogens is 1. The largest absolute Gasteiger partial charge is 0.397 e. The second-order valence-corrected chi connectivity index (χ2v) is 3.78. The molecule has 0 saturated carbocycles. The summed E-state index contributed by atoms with van der Waals surface area (Å²) in [6.07, 6.45) is 3.16. The molecule has 3 N–H and O–H groups in total. The molecule has 0 saturated heterocycles. The first kappa shape index (κ1) is 11.1. The van der Waals surface area contributed by atoms with E-state index in [0.717, 1.165) is 5.56 Å². The van der Waals surface area contributed by atoms with Gasteiger partial charge in [-0.1, -0.05) is 6.07 Å². The average molecular weight is 227 g/mol. The minimum Gasteiger partial charge on any atom is -0.397 e. The SMILES string of the molecule is Cc1ccc(N)c(NC(=O)c2ccncc2)c1. The van der Waals surface area contributed by atoms with Crippen LogP contribution in [0.5, 0.6) is 0 Å². The fourth-order valence-electron chi connectivity index (χ4n) is 1.48. The number of hydrogen-bond donors (Lipinski definition) is 2. The number of anilines is 2. The van der Waals surface area contributed by atoms with Crippen molar-refractivity contribution in [2.24, 2.45) is 0 Å². The molecule has 1 amide bonds. The summed E-state index contributed by atoms with van der Waals surface area (Å²) in [5, 5.41) is 2.78. The van der Waals surface area contributed by atoms with Crippen LogP contribution in [0.2, 0.25) is 0 Å². The Labute approximate surface area is 99.5 Å². The zero-order chi connectivity index (χ0) is 12.3. The number of pyridine rings is 1. The number of nitrogen functional groups attached to an aromatic ring is 1. The summed E-state index contributed by atoms with van der Waals surface area (Å²) in [4.78, 5) is 15.7. The van der Waals surface area contributed by atoms with Crippen LogP contribution in [0.3, 0.4) is 0 Å². The van der Waals surface area contributed by atoms with Crippen molar-refractivity contribution in [1.82, 2.24) is 4.98 Å². The Kier molecular flexibility index (Phi) is 3.05. The molecular weight excluding hydrogens is 214 g/mol. The van der Waals surface area contributed by atoms with Crippen LogP contribution in [0.15, 0.2) is 42.7 Å². The van der Waals surface area contributed by atoms with Crippen molar-refractivity contribution in [2.45, 2.75) is 6.92 Å². The van der Waals surface area contributed by atoms with Gasteiger partial charge in [-0.05, 0) is 36.8 Å². The molecule has 0 aliphatic heterocycles. The van der Waals surface area contributed by atoms with Crippen molar-refractivity contribution in [3.63, 3.8) is 0 Å². The molecule has 17 heavy (non-hydrogen) atoms. The van der Waals surface area contributed by atoms with Crippen LogP contribution in [0, 0.1) is 6.92 Å². The van der Waals surface area contributed by atoms with Crippen LogP contribution in [0.25, 0.3) is 0 Å². The zero-order valence-electron chi connectivity index (χ0n) is 9.47. The van der Waals surface area contributed by atoms with E-state index in [1.54, 1.807) is 30.6 Å². The van der Waals surface area contributed by atoms with E-state index in [1.807, 2.05) is 19.1 Å². The van der Waals surface area contributed by atoms with E-state index in [-0.39, 0.29) is 5.91 Å². The van der Waals surface area contributed by atoms with Gasteiger partial charge in [-0.2, -0.15) is 0 Å².